The fourth-order valence-electron chi connectivity index (χ4n) is 4.09. The van der Waals surface area contributed by atoms with Crippen molar-refractivity contribution in [2.45, 2.75) is 38.1 Å². The average Bonchev–Trinajstić information content (AvgIpc) is 2.85. The molecule has 5 nitrogen and oxygen atoms in total. The van der Waals surface area contributed by atoms with E-state index in [2.05, 4.69) is 5.32 Å². The molecule has 0 atom stereocenters. The molecule has 1 N–H and O–H groups in total. The maximum Gasteiger partial charge on any atom is 0.254 e. The molecule has 3 aromatic carbocycles. The van der Waals surface area contributed by atoms with Crippen molar-refractivity contribution in [3.8, 4) is 11.5 Å². The highest BCUT2D eigenvalue weighted by molar-refractivity contribution is 5.99. The second-order valence-electron chi connectivity index (χ2n) is 8.08. The van der Waals surface area contributed by atoms with Gasteiger partial charge < -0.3 is 15.0 Å². The van der Waals surface area contributed by atoms with Crippen LogP contribution in [0.1, 0.15) is 42.5 Å². The second kappa shape index (κ2) is 10.6. The van der Waals surface area contributed by atoms with Gasteiger partial charge in [0.2, 0.25) is 5.91 Å². The zero-order valence-electron chi connectivity index (χ0n) is 18.1. The number of rotatable bonds is 7. The van der Waals surface area contributed by atoms with Crippen LogP contribution in [0.3, 0.4) is 0 Å². The SMILES string of the molecule is O=C(CN(C(=O)c1ccccc1)C1CCCCC1)Nc1ccc(Oc2ccccc2)cc1. The van der Waals surface area contributed by atoms with Gasteiger partial charge in [-0.25, -0.2) is 0 Å². The molecule has 0 bridgehead atoms. The van der Waals surface area contributed by atoms with Crippen LogP contribution in [0.2, 0.25) is 0 Å². The molecule has 2 amide bonds. The fraction of sp³-hybridized carbons (Fsp3) is 0.259. The molecule has 1 fully saturated rings. The Morgan fingerprint density at radius 3 is 2.03 bits per heavy atom. The first-order valence-corrected chi connectivity index (χ1v) is 11.2. The highest BCUT2D eigenvalue weighted by Gasteiger charge is 2.28. The molecule has 0 aromatic heterocycles. The van der Waals surface area contributed by atoms with Gasteiger partial charge in [-0.2, -0.15) is 0 Å². The summed E-state index contributed by atoms with van der Waals surface area (Å²) in [7, 11) is 0. The van der Waals surface area contributed by atoms with Crippen LogP contribution in [-0.2, 0) is 4.79 Å². The number of carbonyl (C=O) groups is 2. The number of amides is 2. The number of hydrogen-bond acceptors (Lipinski definition) is 3. The van der Waals surface area contributed by atoms with E-state index in [4.69, 9.17) is 4.74 Å². The number of hydrogen-bond donors (Lipinski definition) is 1. The van der Waals surface area contributed by atoms with Crippen LogP contribution in [0.25, 0.3) is 0 Å². The molecule has 0 unspecified atom stereocenters. The third-order valence-electron chi connectivity index (χ3n) is 5.73. The molecular formula is C27H28N2O3. The van der Waals surface area contributed by atoms with E-state index in [1.807, 2.05) is 72.8 Å². The van der Waals surface area contributed by atoms with Crippen molar-refractivity contribution >= 4 is 17.5 Å². The summed E-state index contributed by atoms with van der Waals surface area (Å²) in [5.41, 5.74) is 1.29. The van der Waals surface area contributed by atoms with E-state index in [0.717, 1.165) is 31.4 Å². The van der Waals surface area contributed by atoms with E-state index >= 15 is 0 Å². The summed E-state index contributed by atoms with van der Waals surface area (Å²) in [5, 5.41) is 2.92. The van der Waals surface area contributed by atoms with Crippen molar-refractivity contribution in [1.82, 2.24) is 4.90 Å². The van der Waals surface area contributed by atoms with Gasteiger partial charge in [-0.05, 0) is 61.4 Å². The molecule has 3 aromatic rings. The molecule has 164 valence electrons. The molecular weight excluding hydrogens is 400 g/mol. The Balaban J connectivity index is 1.41. The molecule has 1 aliphatic rings. The predicted octanol–water partition coefficient (Wildman–Crippen LogP) is 5.89. The molecule has 0 spiro atoms. The van der Waals surface area contributed by atoms with Gasteiger partial charge in [0.1, 0.15) is 18.0 Å². The minimum atomic E-state index is -0.198. The molecule has 0 saturated heterocycles. The van der Waals surface area contributed by atoms with Crippen LogP contribution in [0.15, 0.2) is 84.9 Å². The van der Waals surface area contributed by atoms with Gasteiger partial charge in [-0.3, -0.25) is 9.59 Å². The van der Waals surface area contributed by atoms with Gasteiger partial charge in [0, 0.05) is 17.3 Å². The summed E-state index contributed by atoms with van der Waals surface area (Å²) in [6.07, 6.45) is 5.25. The summed E-state index contributed by atoms with van der Waals surface area (Å²) in [5.74, 6) is 1.17. The van der Waals surface area contributed by atoms with Crippen LogP contribution >= 0.6 is 0 Å². The quantitative estimate of drug-likeness (QED) is 0.510. The monoisotopic (exact) mass is 428 g/mol. The summed E-state index contributed by atoms with van der Waals surface area (Å²) < 4.78 is 5.80. The maximum absolute atomic E-state index is 13.2. The van der Waals surface area contributed by atoms with Gasteiger partial charge in [0.15, 0.2) is 0 Å². The standard InChI is InChI=1S/C27H28N2O3/c30-26(28-22-16-18-25(19-17-22)32-24-14-8-3-9-15-24)20-29(23-12-6-2-7-13-23)27(31)21-10-4-1-5-11-21/h1,3-5,8-11,14-19,23H,2,6-7,12-13,20H2,(H,28,30). The lowest BCUT2D eigenvalue weighted by molar-refractivity contribution is -0.117. The molecule has 1 aliphatic carbocycles. The molecule has 1 saturated carbocycles. The Morgan fingerprint density at radius 1 is 0.781 bits per heavy atom. The van der Waals surface area contributed by atoms with E-state index in [1.54, 1.807) is 17.0 Å². The summed E-state index contributed by atoms with van der Waals surface area (Å²) >= 11 is 0. The highest BCUT2D eigenvalue weighted by atomic mass is 16.5. The third kappa shape index (κ3) is 5.76. The minimum Gasteiger partial charge on any atom is -0.457 e. The van der Waals surface area contributed by atoms with Crippen LogP contribution in [0.5, 0.6) is 11.5 Å². The lowest BCUT2D eigenvalue weighted by Gasteiger charge is -2.34. The van der Waals surface area contributed by atoms with E-state index < -0.39 is 0 Å². The van der Waals surface area contributed by atoms with Crippen LogP contribution in [0, 0.1) is 0 Å². The zero-order valence-corrected chi connectivity index (χ0v) is 18.1. The number of ether oxygens (including phenoxy) is 1. The number of nitrogens with one attached hydrogen (secondary N) is 1. The second-order valence-corrected chi connectivity index (χ2v) is 8.08. The maximum atomic E-state index is 13.2. The van der Waals surface area contributed by atoms with Crippen molar-refractivity contribution in [2.75, 3.05) is 11.9 Å². The third-order valence-corrected chi connectivity index (χ3v) is 5.73. The summed E-state index contributed by atoms with van der Waals surface area (Å²) in [6, 6.07) is 26.1. The van der Waals surface area contributed by atoms with Crippen molar-refractivity contribution < 1.29 is 14.3 Å². The van der Waals surface area contributed by atoms with Crippen LogP contribution in [-0.4, -0.2) is 29.3 Å². The smallest absolute Gasteiger partial charge is 0.254 e. The van der Waals surface area contributed by atoms with E-state index in [9.17, 15) is 9.59 Å². The molecule has 0 heterocycles. The fourth-order valence-corrected chi connectivity index (χ4v) is 4.09. The van der Waals surface area contributed by atoms with Gasteiger partial charge >= 0.3 is 0 Å². The van der Waals surface area contributed by atoms with Crippen molar-refractivity contribution in [3.63, 3.8) is 0 Å². The van der Waals surface area contributed by atoms with Gasteiger partial charge in [0.25, 0.3) is 5.91 Å². The Hall–Kier alpha value is -3.60. The molecule has 5 heteroatoms. The van der Waals surface area contributed by atoms with Crippen molar-refractivity contribution in [2.24, 2.45) is 0 Å². The molecule has 4 rings (SSSR count). The normalized spacial score (nSPS) is 13.9. The Labute approximate surface area is 189 Å². The molecule has 0 aliphatic heterocycles. The highest BCUT2D eigenvalue weighted by Crippen LogP contribution is 2.25. The zero-order chi connectivity index (χ0) is 22.2. The first kappa shape index (κ1) is 21.6. The van der Waals surface area contributed by atoms with E-state index in [-0.39, 0.29) is 24.4 Å². The summed E-state index contributed by atoms with van der Waals surface area (Å²) in [4.78, 5) is 27.8. The largest absolute Gasteiger partial charge is 0.457 e. The molecule has 0 radical (unpaired) electrons. The number of para-hydroxylation sites is 1. The van der Waals surface area contributed by atoms with Gasteiger partial charge in [-0.1, -0.05) is 55.7 Å². The first-order valence-electron chi connectivity index (χ1n) is 11.2. The first-order chi connectivity index (χ1) is 15.7. The lowest BCUT2D eigenvalue weighted by Crippen LogP contribution is -2.45. The number of carbonyl (C=O) groups excluding carboxylic acids is 2. The Bertz CT molecular complexity index is 1010. The van der Waals surface area contributed by atoms with E-state index in [0.29, 0.717) is 17.0 Å². The summed E-state index contributed by atoms with van der Waals surface area (Å²) in [6.45, 7) is 0.0423. The Kier molecular flexibility index (Phi) is 7.18. The minimum absolute atomic E-state index is 0.0423. The van der Waals surface area contributed by atoms with Crippen LogP contribution < -0.4 is 10.1 Å². The number of anilines is 1. The van der Waals surface area contributed by atoms with Crippen molar-refractivity contribution in [3.05, 3.63) is 90.5 Å². The average molecular weight is 429 g/mol. The van der Waals surface area contributed by atoms with Crippen LogP contribution in [0.4, 0.5) is 5.69 Å². The number of nitrogens with zero attached hydrogens (tertiary/aromatic N) is 1. The topological polar surface area (TPSA) is 58.6 Å². The van der Waals surface area contributed by atoms with Crippen molar-refractivity contribution in [1.29, 1.82) is 0 Å². The Morgan fingerprint density at radius 2 is 1.38 bits per heavy atom. The van der Waals surface area contributed by atoms with E-state index in [1.165, 1.54) is 6.42 Å². The predicted molar refractivity (Wildman–Crippen MR) is 126 cm³/mol. The lowest BCUT2D eigenvalue weighted by atomic mass is 9.93. The number of benzene rings is 3. The van der Waals surface area contributed by atoms with Gasteiger partial charge in [-0.15, -0.1) is 0 Å². The van der Waals surface area contributed by atoms with Gasteiger partial charge in [0.05, 0.1) is 0 Å². The molecule has 32 heavy (non-hydrogen) atoms.